The summed E-state index contributed by atoms with van der Waals surface area (Å²) in [4.78, 5) is 27.1. The lowest BCUT2D eigenvalue weighted by molar-refractivity contribution is 0.0590. The summed E-state index contributed by atoms with van der Waals surface area (Å²) in [5.74, 6) is -0.0406. The van der Waals surface area contributed by atoms with Crippen LogP contribution in [0.15, 0.2) is 34.9 Å². The fourth-order valence-electron chi connectivity index (χ4n) is 3.57. The van der Waals surface area contributed by atoms with Crippen molar-refractivity contribution in [2.75, 3.05) is 6.54 Å². The molecule has 1 aromatic carbocycles. The summed E-state index contributed by atoms with van der Waals surface area (Å²) in [6.45, 7) is 4.80. The van der Waals surface area contributed by atoms with Gasteiger partial charge in [0.15, 0.2) is 11.5 Å². The standard InChI is InChI=1S/C22H28FN3O3/c1-15(2)13-24-21(27)20-12-19(29-25-20)14-26(18-6-4-3-5-7-18)22(28)16-8-10-17(23)11-9-16/h8-12,15,18H,3-7,13-14H2,1-2H3,(H,24,27). The van der Waals surface area contributed by atoms with Crippen molar-refractivity contribution in [3.05, 3.63) is 53.2 Å². The zero-order valence-corrected chi connectivity index (χ0v) is 17.0. The Balaban J connectivity index is 1.75. The van der Waals surface area contributed by atoms with E-state index in [1.807, 2.05) is 13.8 Å². The number of benzene rings is 1. The van der Waals surface area contributed by atoms with Gasteiger partial charge < -0.3 is 14.7 Å². The number of amides is 2. The Morgan fingerprint density at radius 3 is 2.55 bits per heavy atom. The van der Waals surface area contributed by atoms with E-state index in [2.05, 4.69) is 10.5 Å². The average Bonchev–Trinajstić information content (AvgIpc) is 3.20. The number of hydrogen-bond acceptors (Lipinski definition) is 4. The van der Waals surface area contributed by atoms with E-state index in [0.717, 1.165) is 32.1 Å². The minimum Gasteiger partial charge on any atom is -0.359 e. The van der Waals surface area contributed by atoms with Crippen LogP contribution in [-0.2, 0) is 6.54 Å². The third-order valence-electron chi connectivity index (χ3n) is 5.16. The van der Waals surface area contributed by atoms with E-state index in [4.69, 9.17) is 4.52 Å². The number of aromatic nitrogens is 1. The minimum absolute atomic E-state index is 0.0876. The molecule has 29 heavy (non-hydrogen) atoms. The second-order valence-corrected chi connectivity index (χ2v) is 8.01. The number of carbonyl (C=O) groups is 2. The largest absolute Gasteiger partial charge is 0.359 e. The molecule has 0 saturated heterocycles. The van der Waals surface area contributed by atoms with Gasteiger partial charge in [0, 0.05) is 24.2 Å². The maximum absolute atomic E-state index is 13.3. The number of nitrogens with zero attached hydrogens (tertiary/aromatic N) is 2. The molecular formula is C22H28FN3O3. The lowest BCUT2D eigenvalue weighted by atomic mass is 9.93. The number of hydrogen-bond donors (Lipinski definition) is 1. The van der Waals surface area contributed by atoms with E-state index in [1.54, 1.807) is 11.0 Å². The van der Waals surface area contributed by atoms with Gasteiger partial charge in [0.1, 0.15) is 5.82 Å². The molecule has 0 unspecified atom stereocenters. The van der Waals surface area contributed by atoms with Crippen LogP contribution in [0.3, 0.4) is 0 Å². The Kier molecular flexibility index (Phi) is 7.01. The van der Waals surface area contributed by atoms with E-state index in [-0.39, 0.29) is 35.9 Å². The highest BCUT2D eigenvalue weighted by atomic mass is 19.1. The van der Waals surface area contributed by atoms with Crippen LogP contribution < -0.4 is 5.32 Å². The Labute approximate surface area is 170 Å². The molecule has 0 radical (unpaired) electrons. The summed E-state index contributed by atoms with van der Waals surface area (Å²) in [5, 5.41) is 6.67. The monoisotopic (exact) mass is 401 g/mol. The van der Waals surface area contributed by atoms with Crippen molar-refractivity contribution in [3.8, 4) is 0 Å². The molecule has 0 aliphatic heterocycles. The van der Waals surface area contributed by atoms with Crippen molar-refractivity contribution in [2.45, 2.75) is 58.5 Å². The molecule has 7 heteroatoms. The van der Waals surface area contributed by atoms with Crippen molar-refractivity contribution in [1.29, 1.82) is 0 Å². The van der Waals surface area contributed by atoms with E-state index in [0.29, 0.717) is 23.8 Å². The molecule has 1 heterocycles. The van der Waals surface area contributed by atoms with Crippen LogP contribution in [0.1, 0.15) is 72.6 Å². The lowest BCUT2D eigenvalue weighted by Gasteiger charge is -2.33. The van der Waals surface area contributed by atoms with Gasteiger partial charge >= 0.3 is 0 Å². The predicted molar refractivity (Wildman–Crippen MR) is 107 cm³/mol. The number of nitrogens with one attached hydrogen (secondary N) is 1. The van der Waals surface area contributed by atoms with Crippen LogP contribution in [0.2, 0.25) is 0 Å². The van der Waals surface area contributed by atoms with Crippen molar-refractivity contribution >= 4 is 11.8 Å². The van der Waals surface area contributed by atoms with Gasteiger partial charge in [0.2, 0.25) is 0 Å². The molecule has 156 valence electrons. The van der Waals surface area contributed by atoms with Crippen molar-refractivity contribution in [3.63, 3.8) is 0 Å². The highest BCUT2D eigenvalue weighted by molar-refractivity contribution is 5.94. The molecule has 1 aromatic heterocycles. The van der Waals surface area contributed by atoms with Gasteiger partial charge in [0.25, 0.3) is 11.8 Å². The molecule has 1 saturated carbocycles. The van der Waals surface area contributed by atoms with E-state index >= 15 is 0 Å². The molecule has 3 rings (SSSR count). The summed E-state index contributed by atoms with van der Waals surface area (Å²) in [6, 6.07) is 7.25. The van der Waals surface area contributed by atoms with Gasteiger partial charge in [-0.2, -0.15) is 0 Å². The summed E-state index contributed by atoms with van der Waals surface area (Å²) in [5.41, 5.74) is 0.643. The second kappa shape index (κ2) is 9.67. The molecule has 0 spiro atoms. The molecule has 1 aliphatic carbocycles. The molecule has 0 bridgehead atoms. The maximum atomic E-state index is 13.3. The summed E-state index contributed by atoms with van der Waals surface area (Å²) >= 11 is 0. The normalized spacial score (nSPS) is 14.8. The van der Waals surface area contributed by atoms with Crippen LogP contribution in [0, 0.1) is 11.7 Å². The summed E-state index contributed by atoms with van der Waals surface area (Å²) in [6.07, 6.45) is 5.14. The quantitative estimate of drug-likeness (QED) is 0.755. The highest BCUT2D eigenvalue weighted by Gasteiger charge is 2.28. The van der Waals surface area contributed by atoms with Gasteiger partial charge in [-0.3, -0.25) is 9.59 Å². The Hall–Kier alpha value is -2.70. The van der Waals surface area contributed by atoms with E-state index in [1.165, 1.54) is 24.3 Å². The first-order chi connectivity index (χ1) is 13.9. The van der Waals surface area contributed by atoms with Crippen LogP contribution in [0.5, 0.6) is 0 Å². The van der Waals surface area contributed by atoms with Crippen LogP contribution >= 0.6 is 0 Å². The van der Waals surface area contributed by atoms with Gasteiger partial charge in [0.05, 0.1) is 6.54 Å². The van der Waals surface area contributed by atoms with E-state index < -0.39 is 0 Å². The van der Waals surface area contributed by atoms with Gasteiger partial charge in [-0.15, -0.1) is 0 Å². The number of rotatable bonds is 7. The van der Waals surface area contributed by atoms with Crippen molar-refractivity contribution < 1.29 is 18.5 Å². The molecule has 1 N–H and O–H groups in total. The SMILES string of the molecule is CC(C)CNC(=O)c1cc(CN(C(=O)c2ccc(F)cc2)C2CCCCC2)on1. The van der Waals surface area contributed by atoms with Crippen LogP contribution in [0.25, 0.3) is 0 Å². The van der Waals surface area contributed by atoms with E-state index in [9.17, 15) is 14.0 Å². The Morgan fingerprint density at radius 1 is 1.21 bits per heavy atom. The summed E-state index contributed by atoms with van der Waals surface area (Å²) in [7, 11) is 0. The fraction of sp³-hybridized carbons (Fsp3) is 0.500. The number of carbonyl (C=O) groups excluding carboxylic acids is 2. The Bertz CT molecular complexity index is 826. The minimum atomic E-state index is -0.377. The first-order valence-electron chi connectivity index (χ1n) is 10.2. The van der Waals surface area contributed by atoms with Crippen LogP contribution in [-0.4, -0.2) is 34.5 Å². The molecule has 2 amide bonds. The first-order valence-corrected chi connectivity index (χ1v) is 10.2. The molecule has 6 nitrogen and oxygen atoms in total. The summed E-state index contributed by atoms with van der Waals surface area (Å²) < 4.78 is 18.6. The van der Waals surface area contributed by atoms with Crippen molar-refractivity contribution in [1.82, 2.24) is 15.4 Å². The molecule has 1 aliphatic rings. The van der Waals surface area contributed by atoms with Crippen molar-refractivity contribution in [2.24, 2.45) is 5.92 Å². The maximum Gasteiger partial charge on any atom is 0.273 e. The third kappa shape index (κ3) is 5.65. The molecular weight excluding hydrogens is 373 g/mol. The zero-order chi connectivity index (χ0) is 20.8. The van der Waals surface area contributed by atoms with Gasteiger partial charge in [-0.05, 0) is 43.0 Å². The van der Waals surface area contributed by atoms with Gasteiger partial charge in [-0.1, -0.05) is 38.3 Å². The average molecular weight is 401 g/mol. The second-order valence-electron chi connectivity index (χ2n) is 8.01. The zero-order valence-electron chi connectivity index (χ0n) is 17.0. The topological polar surface area (TPSA) is 75.4 Å². The molecule has 0 atom stereocenters. The van der Waals surface area contributed by atoms with Gasteiger partial charge in [-0.25, -0.2) is 4.39 Å². The fourth-order valence-corrected chi connectivity index (χ4v) is 3.57. The Morgan fingerprint density at radius 2 is 1.90 bits per heavy atom. The highest BCUT2D eigenvalue weighted by Crippen LogP contribution is 2.26. The first kappa shape index (κ1) is 21.0. The van der Waals surface area contributed by atoms with Crippen LogP contribution in [0.4, 0.5) is 4.39 Å². The predicted octanol–water partition coefficient (Wildman–Crippen LogP) is 4.17. The molecule has 1 fully saturated rings. The number of halogens is 1. The molecule has 2 aromatic rings. The lowest BCUT2D eigenvalue weighted by Crippen LogP contribution is -2.40. The third-order valence-corrected chi connectivity index (χ3v) is 5.16. The smallest absolute Gasteiger partial charge is 0.273 e.